The van der Waals surface area contributed by atoms with Crippen molar-refractivity contribution in [3.8, 4) is 0 Å². The lowest BCUT2D eigenvalue weighted by Gasteiger charge is -2.28. The summed E-state index contributed by atoms with van der Waals surface area (Å²) in [4.78, 5) is 4.61. The molecule has 1 aliphatic carbocycles. The molecule has 0 spiro atoms. The topological polar surface area (TPSA) is 74.2 Å². The number of ether oxygens (including phenoxy) is 1. The molecule has 1 aromatic heterocycles. The number of aromatic nitrogens is 2. The van der Waals surface area contributed by atoms with Gasteiger partial charge in [-0.1, -0.05) is 38.8 Å². The predicted molar refractivity (Wildman–Crippen MR) is 77.3 cm³/mol. The molecule has 0 aliphatic heterocycles. The van der Waals surface area contributed by atoms with Gasteiger partial charge in [0, 0.05) is 13.0 Å². The van der Waals surface area contributed by atoms with Crippen LogP contribution >= 0.6 is 0 Å². The molecule has 20 heavy (non-hydrogen) atoms. The van der Waals surface area contributed by atoms with E-state index in [1.807, 2.05) is 0 Å². The van der Waals surface area contributed by atoms with E-state index in [1.54, 1.807) is 7.11 Å². The van der Waals surface area contributed by atoms with Gasteiger partial charge < -0.3 is 15.0 Å². The maximum absolute atomic E-state index is 5.88. The largest absolute Gasteiger partial charge is 0.373 e. The summed E-state index contributed by atoms with van der Waals surface area (Å²) in [7, 11) is 1.69. The van der Waals surface area contributed by atoms with Crippen LogP contribution in [-0.2, 0) is 4.74 Å². The summed E-state index contributed by atoms with van der Waals surface area (Å²) in [6.07, 6.45) is 4.57. The molecule has 1 aromatic rings. The van der Waals surface area contributed by atoms with Gasteiger partial charge in [-0.15, -0.1) is 0 Å². The third-order valence-corrected chi connectivity index (χ3v) is 4.24. The van der Waals surface area contributed by atoms with Crippen LogP contribution in [0.15, 0.2) is 4.52 Å². The first kappa shape index (κ1) is 15.4. The smallest absolute Gasteiger partial charge is 0.230 e. The lowest BCUT2D eigenvalue weighted by atomic mass is 9.79. The zero-order valence-electron chi connectivity index (χ0n) is 13.1. The van der Waals surface area contributed by atoms with Crippen molar-refractivity contribution in [2.24, 2.45) is 17.1 Å². The van der Waals surface area contributed by atoms with Gasteiger partial charge in [-0.3, -0.25) is 0 Å². The highest BCUT2D eigenvalue weighted by Crippen LogP contribution is 2.38. The minimum atomic E-state index is -0.153. The van der Waals surface area contributed by atoms with Gasteiger partial charge in [0.15, 0.2) is 0 Å². The van der Waals surface area contributed by atoms with E-state index in [2.05, 4.69) is 30.9 Å². The first-order chi connectivity index (χ1) is 9.47. The summed E-state index contributed by atoms with van der Waals surface area (Å²) >= 11 is 0. The minimum absolute atomic E-state index is 0.0598. The fraction of sp³-hybridized carbons (Fsp3) is 0.867. The van der Waals surface area contributed by atoms with Gasteiger partial charge in [-0.2, -0.15) is 4.98 Å². The van der Waals surface area contributed by atoms with E-state index < -0.39 is 0 Å². The maximum Gasteiger partial charge on any atom is 0.230 e. The van der Waals surface area contributed by atoms with Gasteiger partial charge in [-0.05, 0) is 30.7 Å². The van der Waals surface area contributed by atoms with E-state index in [1.165, 1.54) is 12.8 Å². The van der Waals surface area contributed by atoms with Crippen molar-refractivity contribution >= 4 is 0 Å². The molecule has 2 N–H and O–H groups in total. The van der Waals surface area contributed by atoms with Crippen LogP contribution in [0.5, 0.6) is 0 Å². The first-order valence-electron chi connectivity index (χ1n) is 7.53. The molecule has 5 heteroatoms. The molecule has 3 atom stereocenters. The summed E-state index contributed by atoms with van der Waals surface area (Å²) in [6.45, 7) is 7.02. The molecule has 1 heterocycles. The van der Waals surface area contributed by atoms with Crippen molar-refractivity contribution < 1.29 is 9.26 Å². The molecular formula is C15H27N3O2. The average Bonchev–Trinajstić information content (AvgIpc) is 2.87. The fourth-order valence-corrected chi connectivity index (χ4v) is 3.17. The molecule has 1 saturated carbocycles. The van der Waals surface area contributed by atoms with Gasteiger partial charge in [0.2, 0.25) is 11.7 Å². The molecule has 5 nitrogen and oxygen atoms in total. The van der Waals surface area contributed by atoms with E-state index in [0.717, 1.165) is 18.7 Å². The Morgan fingerprint density at radius 1 is 1.35 bits per heavy atom. The van der Waals surface area contributed by atoms with Gasteiger partial charge >= 0.3 is 0 Å². The van der Waals surface area contributed by atoms with Crippen LogP contribution in [0.2, 0.25) is 0 Å². The van der Waals surface area contributed by atoms with Crippen LogP contribution in [0.25, 0.3) is 0 Å². The van der Waals surface area contributed by atoms with Gasteiger partial charge in [-0.25, -0.2) is 0 Å². The number of methoxy groups -OCH3 is 1. The van der Waals surface area contributed by atoms with Crippen LogP contribution < -0.4 is 5.73 Å². The fourth-order valence-electron chi connectivity index (χ4n) is 3.17. The third kappa shape index (κ3) is 3.20. The predicted octanol–water partition coefficient (Wildman–Crippen LogP) is 3.04. The molecule has 0 aromatic carbocycles. The molecule has 1 aliphatic rings. The lowest BCUT2D eigenvalue weighted by molar-refractivity contribution is 0.00718. The molecule has 114 valence electrons. The lowest BCUT2D eigenvalue weighted by Crippen LogP contribution is -2.25. The van der Waals surface area contributed by atoms with Crippen LogP contribution in [0.3, 0.4) is 0 Å². The molecule has 0 radical (unpaired) electrons. The Morgan fingerprint density at radius 2 is 2.05 bits per heavy atom. The quantitative estimate of drug-likeness (QED) is 0.918. The van der Waals surface area contributed by atoms with Gasteiger partial charge in [0.05, 0.1) is 0 Å². The van der Waals surface area contributed by atoms with E-state index in [-0.39, 0.29) is 11.5 Å². The summed E-state index contributed by atoms with van der Waals surface area (Å²) in [6, 6.07) is 0. The van der Waals surface area contributed by atoms with Crippen molar-refractivity contribution in [2.45, 2.75) is 58.5 Å². The molecule has 1 fully saturated rings. The van der Waals surface area contributed by atoms with Crippen molar-refractivity contribution in [2.75, 3.05) is 13.7 Å². The van der Waals surface area contributed by atoms with Crippen molar-refractivity contribution in [1.29, 1.82) is 0 Å². The molecule has 0 bridgehead atoms. The summed E-state index contributed by atoms with van der Waals surface area (Å²) in [5, 5.41) is 4.15. The number of rotatable bonds is 4. The number of hydrogen-bond acceptors (Lipinski definition) is 5. The summed E-state index contributed by atoms with van der Waals surface area (Å²) in [5.41, 5.74) is 5.82. The Hall–Kier alpha value is -0.940. The Balaban J connectivity index is 2.19. The Bertz CT molecular complexity index is 425. The van der Waals surface area contributed by atoms with Gasteiger partial charge in [0.1, 0.15) is 6.10 Å². The second kappa shape index (κ2) is 6.22. The van der Waals surface area contributed by atoms with Crippen molar-refractivity contribution in [3.63, 3.8) is 0 Å². The molecule has 0 amide bonds. The van der Waals surface area contributed by atoms with Crippen molar-refractivity contribution in [1.82, 2.24) is 10.1 Å². The highest BCUT2D eigenvalue weighted by molar-refractivity contribution is 5.02. The zero-order valence-corrected chi connectivity index (χ0v) is 13.1. The van der Waals surface area contributed by atoms with E-state index >= 15 is 0 Å². The second-order valence-electron chi connectivity index (χ2n) is 6.86. The van der Waals surface area contributed by atoms with Crippen LogP contribution in [0.1, 0.15) is 70.2 Å². The number of hydrogen-bond donors (Lipinski definition) is 1. The number of nitrogens with two attached hydrogens (primary N) is 1. The molecule has 2 rings (SSSR count). The molecule has 3 unspecified atom stereocenters. The highest BCUT2D eigenvalue weighted by Gasteiger charge is 2.34. The van der Waals surface area contributed by atoms with E-state index in [9.17, 15) is 0 Å². The van der Waals surface area contributed by atoms with Crippen LogP contribution in [-0.4, -0.2) is 23.8 Å². The Labute approximate surface area is 121 Å². The average molecular weight is 281 g/mol. The normalized spacial score (nSPS) is 25.6. The van der Waals surface area contributed by atoms with Crippen LogP contribution in [0.4, 0.5) is 0 Å². The van der Waals surface area contributed by atoms with Crippen molar-refractivity contribution in [3.05, 3.63) is 11.7 Å². The van der Waals surface area contributed by atoms with E-state index in [0.29, 0.717) is 24.2 Å². The number of nitrogens with zero attached hydrogens (tertiary/aromatic N) is 2. The highest BCUT2D eigenvalue weighted by atomic mass is 16.5. The molecular weight excluding hydrogens is 254 g/mol. The summed E-state index contributed by atoms with van der Waals surface area (Å²) < 4.78 is 11.1. The SMILES string of the molecule is COC(c1noc(C2CCCCC2CN)n1)C(C)(C)C. The maximum atomic E-state index is 5.88. The monoisotopic (exact) mass is 281 g/mol. The Morgan fingerprint density at radius 3 is 2.65 bits per heavy atom. The Kier molecular flexibility index (Phi) is 4.81. The van der Waals surface area contributed by atoms with E-state index in [4.69, 9.17) is 15.0 Å². The van der Waals surface area contributed by atoms with Crippen LogP contribution in [0, 0.1) is 11.3 Å². The summed E-state index contributed by atoms with van der Waals surface area (Å²) in [5.74, 6) is 2.16. The standard InChI is InChI=1S/C15H27N3O2/c1-15(2,3)12(19-4)13-17-14(20-18-13)11-8-6-5-7-10(11)9-16/h10-12H,5-9,16H2,1-4H3. The zero-order chi connectivity index (χ0) is 14.8. The second-order valence-corrected chi connectivity index (χ2v) is 6.86. The van der Waals surface area contributed by atoms with Gasteiger partial charge in [0.25, 0.3) is 0 Å². The molecule has 0 saturated heterocycles. The third-order valence-electron chi connectivity index (χ3n) is 4.24. The first-order valence-corrected chi connectivity index (χ1v) is 7.53. The minimum Gasteiger partial charge on any atom is -0.373 e.